The molecule has 2 saturated carbocycles. The molecule has 1 unspecified atom stereocenters. The molecule has 6 rings (SSSR count). The number of hydrogen-bond acceptors (Lipinski definition) is 6. The summed E-state index contributed by atoms with van der Waals surface area (Å²) in [6.45, 7) is 1.73. The number of carbonyl (C=O) groups is 1. The fourth-order valence-electron chi connectivity index (χ4n) is 6.34. The summed E-state index contributed by atoms with van der Waals surface area (Å²) in [5.41, 5.74) is 6.93. The van der Waals surface area contributed by atoms with Crippen molar-refractivity contribution in [2.75, 3.05) is 17.7 Å². The van der Waals surface area contributed by atoms with Gasteiger partial charge >= 0.3 is 0 Å². The van der Waals surface area contributed by atoms with Crippen LogP contribution in [0.25, 0.3) is 10.9 Å². The molecular formula is C27H29FN4O3. The molecule has 1 spiro atoms. The third kappa shape index (κ3) is 3.33. The number of hydrogen-bond donors (Lipinski definition) is 2. The van der Waals surface area contributed by atoms with E-state index >= 15 is 4.39 Å². The Kier molecular flexibility index (Phi) is 5.09. The van der Waals surface area contributed by atoms with Crippen LogP contribution in [0.5, 0.6) is 5.75 Å². The van der Waals surface area contributed by atoms with E-state index in [0.29, 0.717) is 23.8 Å². The quantitative estimate of drug-likeness (QED) is 0.417. The molecule has 8 heteroatoms. The number of benzene rings is 1. The highest BCUT2D eigenvalue weighted by atomic mass is 19.1. The third-order valence-electron chi connectivity index (χ3n) is 8.17. The van der Waals surface area contributed by atoms with Crippen LogP contribution in [0.4, 0.5) is 15.8 Å². The number of anilines is 2. The van der Waals surface area contributed by atoms with Gasteiger partial charge in [0.2, 0.25) is 5.43 Å². The molecule has 2 aliphatic carbocycles. The highest BCUT2D eigenvalue weighted by molar-refractivity contribution is 6.04. The maximum Gasteiger partial charge on any atom is 0.202 e. The summed E-state index contributed by atoms with van der Waals surface area (Å²) in [6, 6.07) is 5.93. The highest BCUT2D eigenvalue weighted by Gasteiger charge is 2.43. The second-order valence-electron chi connectivity index (χ2n) is 10.3. The van der Waals surface area contributed by atoms with Gasteiger partial charge in [-0.2, -0.15) is 0 Å². The number of ether oxygens (including phenoxy) is 1. The van der Waals surface area contributed by atoms with Crippen molar-refractivity contribution in [3.63, 3.8) is 0 Å². The predicted molar refractivity (Wildman–Crippen MR) is 133 cm³/mol. The molecule has 35 heavy (non-hydrogen) atoms. The largest absolute Gasteiger partial charge is 0.487 e. The molecular weight excluding hydrogens is 447 g/mol. The van der Waals surface area contributed by atoms with Crippen LogP contribution >= 0.6 is 0 Å². The minimum absolute atomic E-state index is 0.0206. The Morgan fingerprint density at radius 3 is 2.80 bits per heavy atom. The van der Waals surface area contributed by atoms with Crippen LogP contribution < -0.4 is 21.2 Å². The number of rotatable bonds is 4. The Morgan fingerprint density at radius 1 is 1.29 bits per heavy atom. The van der Waals surface area contributed by atoms with Gasteiger partial charge in [-0.15, -0.1) is 0 Å². The lowest BCUT2D eigenvalue weighted by Crippen LogP contribution is -2.42. The molecule has 1 aromatic carbocycles. The van der Waals surface area contributed by atoms with Crippen molar-refractivity contribution in [2.45, 2.75) is 69.4 Å². The van der Waals surface area contributed by atoms with E-state index in [1.165, 1.54) is 6.92 Å². The van der Waals surface area contributed by atoms with Gasteiger partial charge in [0.1, 0.15) is 12.3 Å². The maximum atomic E-state index is 15.8. The Labute approximate surface area is 202 Å². The smallest absolute Gasteiger partial charge is 0.202 e. The van der Waals surface area contributed by atoms with Crippen LogP contribution in [0, 0.1) is 5.82 Å². The van der Waals surface area contributed by atoms with Gasteiger partial charge in [-0.1, -0.05) is 18.9 Å². The molecule has 3 aliphatic rings. The number of ketones is 1. The number of Topliss-reactive ketones (excluding diaryl/α,β-unsaturated/α-hetero) is 1. The minimum atomic E-state index is -0.694. The topological polar surface area (TPSA) is 99.2 Å². The molecule has 3 N–H and O–H groups in total. The first-order valence-corrected chi connectivity index (χ1v) is 12.4. The van der Waals surface area contributed by atoms with Crippen LogP contribution in [0.1, 0.15) is 73.8 Å². The Morgan fingerprint density at radius 2 is 2.09 bits per heavy atom. The molecule has 2 atom stereocenters. The summed E-state index contributed by atoms with van der Waals surface area (Å²) in [5.74, 6) is -0.432. The van der Waals surface area contributed by atoms with Crippen LogP contribution in [0.2, 0.25) is 0 Å². The van der Waals surface area contributed by atoms with Crippen LogP contribution in [0.3, 0.4) is 0 Å². The van der Waals surface area contributed by atoms with Gasteiger partial charge in [0.05, 0.1) is 27.7 Å². The third-order valence-corrected chi connectivity index (χ3v) is 8.17. The summed E-state index contributed by atoms with van der Waals surface area (Å²) in [7, 11) is 0. The average Bonchev–Trinajstić information content (AvgIpc) is 3.52. The second kappa shape index (κ2) is 8.07. The van der Waals surface area contributed by atoms with Gasteiger partial charge in [0.15, 0.2) is 17.3 Å². The number of nitrogens with two attached hydrogens (primary N) is 1. The lowest BCUT2D eigenvalue weighted by atomic mass is 9.93. The van der Waals surface area contributed by atoms with Gasteiger partial charge in [-0.05, 0) is 51.2 Å². The van der Waals surface area contributed by atoms with Crippen molar-refractivity contribution in [3.05, 3.63) is 57.9 Å². The van der Waals surface area contributed by atoms with Gasteiger partial charge in [0.25, 0.3) is 0 Å². The van der Waals surface area contributed by atoms with E-state index in [-0.39, 0.29) is 39.7 Å². The number of nitrogens with one attached hydrogen (secondary N) is 1. The number of pyridine rings is 2. The van der Waals surface area contributed by atoms with Crippen LogP contribution in [0.15, 0.2) is 35.4 Å². The summed E-state index contributed by atoms with van der Waals surface area (Å²) < 4.78 is 24.0. The van der Waals surface area contributed by atoms with Gasteiger partial charge in [-0.3, -0.25) is 14.6 Å². The van der Waals surface area contributed by atoms with E-state index in [2.05, 4.69) is 10.3 Å². The Balaban J connectivity index is 1.48. The second-order valence-corrected chi connectivity index (χ2v) is 10.3. The minimum Gasteiger partial charge on any atom is -0.487 e. The Hall–Kier alpha value is -3.42. The monoisotopic (exact) mass is 476 g/mol. The standard InChI is InChI=1S/C27H29FN4O3/c1-15(33)18-13-32-24-20(25(18)34)22(29)21(28)23(26(24)35-14-27(32)9-3-4-10-27)31-17-8-7-16(12-17)19-6-2-5-11-30-19/h2,5-6,11,13,16-17,31H,3-4,7-10,12,14,29H2,1H3/t16-,17?/m0/s1. The van der Waals surface area contributed by atoms with E-state index in [0.717, 1.165) is 50.6 Å². The molecule has 2 aromatic heterocycles. The van der Waals surface area contributed by atoms with E-state index in [1.54, 1.807) is 12.4 Å². The lowest BCUT2D eigenvalue weighted by molar-refractivity contribution is 0.101. The highest BCUT2D eigenvalue weighted by Crippen LogP contribution is 2.49. The zero-order chi connectivity index (χ0) is 24.3. The van der Waals surface area contributed by atoms with Crippen LogP contribution in [-0.2, 0) is 5.54 Å². The van der Waals surface area contributed by atoms with E-state index in [4.69, 9.17) is 10.5 Å². The molecule has 0 bridgehead atoms. The fraction of sp³-hybridized carbons (Fsp3) is 0.444. The first-order valence-electron chi connectivity index (χ1n) is 12.4. The number of nitrogens with zero attached hydrogens (tertiary/aromatic N) is 2. The van der Waals surface area contributed by atoms with Crippen LogP contribution in [-0.4, -0.2) is 28.0 Å². The van der Waals surface area contributed by atoms with Crippen molar-refractivity contribution < 1.29 is 13.9 Å². The summed E-state index contributed by atoms with van der Waals surface area (Å²) in [4.78, 5) is 30.1. The van der Waals surface area contributed by atoms with Crippen molar-refractivity contribution in [3.8, 4) is 5.75 Å². The van der Waals surface area contributed by atoms with Gasteiger partial charge < -0.3 is 20.4 Å². The van der Waals surface area contributed by atoms with Crippen molar-refractivity contribution in [1.29, 1.82) is 0 Å². The number of halogens is 1. The zero-order valence-electron chi connectivity index (χ0n) is 19.8. The molecule has 182 valence electrons. The molecule has 0 amide bonds. The number of aromatic nitrogens is 2. The fourth-order valence-corrected chi connectivity index (χ4v) is 6.34. The van der Waals surface area contributed by atoms with Gasteiger partial charge in [0, 0.05) is 30.0 Å². The van der Waals surface area contributed by atoms with Crippen molar-refractivity contribution in [1.82, 2.24) is 9.55 Å². The normalized spacial score (nSPS) is 22.5. The molecule has 3 heterocycles. The van der Waals surface area contributed by atoms with E-state index < -0.39 is 11.2 Å². The molecule has 2 fully saturated rings. The zero-order valence-corrected chi connectivity index (χ0v) is 19.8. The maximum absolute atomic E-state index is 15.8. The Bertz CT molecular complexity index is 1400. The molecule has 0 radical (unpaired) electrons. The summed E-state index contributed by atoms with van der Waals surface area (Å²) in [6.07, 6.45) is 9.87. The molecule has 1 aliphatic heterocycles. The molecule has 3 aromatic rings. The van der Waals surface area contributed by atoms with Gasteiger partial charge in [-0.25, -0.2) is 4.39 Å². The van der Waals surface area contributed by atoms with E-state index in [9.17, 15) is 9.59 Å². The number of fused-ring (bicyclic) bond motifs is 1. The first kappa shape index (κ1) is 22.1. The average molecular weight is 477 g/mol. The predicted octanol–water partition coefficient (Wildman–Crippen LogP) is 4.73. The lowest BCUT2D eigenvalue weighted by Gasteiger charge is -2.39. The van der Waals surface area contributed by atoms with Crippen molar-refractivity contribution >= 4 is 28.1 Å². The molecule has 0 saturated heterocycles. The summed E-state index contributed by atoms with van der Waals surface area (Å²) >= 11 is 0. The SMILES string of the molecule is CC(=O)c1cn2c3c(c(NC4CC[C@H](c5ccccn5)C4)c(F)c(N)c3c1=O)OCC21CCCC1. The number of carbonyl (C=O) groups excluding carboxylic acids is 1. The summed E-state index contributed by atoms with van der Waals surface area (Å²) in [5, 5.41) is 3.41. The van der Waals surface area contributed by atoms with E-state index in [1.807, 2.05) is 22.8 Å². The van der Waals surface area contributed by atoms with Crippen molar-refractivity contribution in [2.24, 2.45) is 0 Å². The number of nitrogen functional groups attached to an aromatic ring is 1. The molecule has 7 nitrogen and oxygen atoms in total. The first-order chi connectivity index (χ1) is 16.9.